The van der Waals surface area contributed by atoms with Crippen molar-refractivity contribution in [2.24, 2.45) is 0 Å². The van der Waals surface area contributed by atoms with Gasteiger partial charge in [0, 0.05) is 33.5 Å². The topological polar surface area (TPSA) is 74.8 Å². The number of carbonyl (C=O) groups excluding carboxylic acids is 1. The van der Waals surface area contributed by atoms with Gasteiger partial charge in [-0.3, -0.25) is 9.69 Å². The number of halogens is 2. The van der Waals surface area contributed by atoms with Crippen LogP contribution in [0.15, 0.2) is 34.6 Å². The van der Waals surface area contributed by atoms with E-state index in [2.05, 4.69) is 20.6 Å². The third kappa shape index (κ3) is 5.53. The number of benzene rings is 1. The molecule has 1 aromatic carbocycles. The average molecular weight is 510 g/mol. The fourth-order valence-electron chi connectivity index (χ4n) is 3.13. The highest BCUT2D eigenvalue weighted by Gasteiger charge is 2.31. The quantitative estimate of drug-likeness (QED) is 0.233. The fourth-order valence-corrected chi connectivity index (χ4v) is 5.86. The maximum Gasteiger partial charge on any atom is 0.266 e. The van der Waals surface area contributed by atoms with Crippen LogP contribution < -0.4 is 0 Å². The molecule has 1 N–H and O–H groups in total. The van der Waals surface area contributed by atoms with E-state index >= 15 is 0 Å². The third-order valence-electron chi connectivity index (χ3n) is 4.68. The molecular weight excluding hydrogens is 493 g/mol. The SMILES string of the molecule is O=C1/C(=C/c2cc(-c3ccc(Cl)cc3Cl)cs2)SC(=S)N1CCCCCc1nn[nH]n1. The summed E-state index contributed by atoms with van der Waals surface area (Å²) in [6.45, 7) is 0.615. The van der Waals surface area contributed by atoms with Gasteiger partial charge in [0.1, 0.15) is 4.32 Å². The van der Waals surface area contributed by atoms with Crippen LogP contribution in [0.5, 0.6) is 0 Å². The van der Waals surface area contributed by atoms with Crippen LogP contribution in [0.4, 0.5) is 0 Å². The third-order valence-corrected chi connectivity index (χ3v) is 7.49. The minimum absolute atomic E-state index is 0.0346. The molecule has 0 aliphatic carbocycles. The number of thiocarbonyl (C=S) groups is 1. The molecule has 2 aromatic heterocycles. The van der Waals surface area contributed by atoms with Crippen molar-refractivity contribution in [2.45, 2.75) is 25.7 Å². The highest BCUT2D eigenvalue weighted by Crippen LogP contribution is 2.37. The summed E-state index contributed by atoms with van der Waals surface area (Å²) in [4.78, 5) is 16.1. The fraction of sp³-hybridized carbons (Fsp3) is 0.250. The Balaban J connectivity index is 1.35. The highest BCUT2D eigenvalue weighted by molar-refractivity contribution is 8.26. The number of nitrogens with one attached hydrogen (secondary N) is 1. The Morgan fingerprint density at radius 3 is 2.84 bits per heavy atom. The molecule has 4 rings (SSSR count). The van der Waals surface area contributed by atoms with E-state index in [-0.39, 0.29) is 5.91 Å². The number of nitrogens with zero attached hydrogens (tertiary/aromatic N) is 4. The molecule has 0 saturated carbocycles. The van der Waals surface area contributed by atoms with Crippen LogP contribution in [0.1, 0.15) is 30.0 Å². The van der Waals surface area contributed by atoms with E-state index in [1.807, 2.05) is 29.7 Å². The molecule has 6 nitrogen and oxygen atoms in total. The zero-order valence-electron chi connectivity index (χ0n) is 16.2. The number of thioether (sulfide) groups is 1. The van der Waals surface area contributed by atoms with Crippen LogP contribution in [-0.2, 0) is 11.2 Å². The molecule has 3 aromatic rings. The Morgan fingerprint density at radius 2 is 2.06 bits per heavy atom. The molecule has 1 amide bonds. The molecule has 0 radical (unpaired) electrons. The number of aryl methyl sites for hydroxylation is 1. The molecular formula is C20H17Cl2N5OS3. The number of unbranched alkanes of at least 4 members (excludes halogenated alkanes) is 2. The van der Waals surface area contributed by atoms with Crippen molar-refractivity contribution in [1.29, 1.82) is 0 Å². The molecule has 0 unspecified atom stereocenters. The molecule has 0 atom stereocenters. The molecule has 0 bridgehead atoms. The van der Waals surface area contributed by atoms with Gasteiger partial charge in [0.15, 0.2) is 5.82 Å². The van der Waals surface area contributed by atoms with Crippen molar-refractivity contribution in [3.63, 3.8) is 0 Å². The Hall–Kier alpha value is -1.78. The Morgan fingerprint density at radius 1 is 1.19 bits per heavy atom. The van der Waals surface area contributed by atoms with Crippen molar-refractivity contribution in [2.75, 3.05) is 6.54 Å². The number of aromatic nitrogens is 4. The van der Waals surface area contributed by atoms with E-state index in [1.54, 1.807) is 22.3 Å². The lowest BCUT2D eigenvalue weighted by molar-refractivity contribution is -0.122. The molecule has 0 spiro atoms. The number of hydrogen-bond acceptors (Lipinski definition) is 7. The molecule has 3 heterocycles. The maximum absolute atomic E-state index is 12.8. The number of H-pyrrole nitrogens is 1. The van der Waals surface area contributed by atoms with Gasteiger partial charge in [-0.15, -0.1) is 21.5 Å². The van der Waals surface area contributed by atoms with Crippen LogP contribution in [0.25, 0.3) is 17.2 Å². The Kier molecular flexibility index (Phi) is 7.39. The van der Waals surface area contributed by atoms with E-state index in [1.165, 1.54) is 11.8 Å². The molecule has 31 heavy (non-hydrogen) atoms. The van der Waals surface area contributed by atoms with Crippen molar-refractivity contribution in [3.8, 4) is 11.1 Å². The summed E-state index contributed by atoms with van der Waals surface area (Å²) in [5.41, 5.74) is 1.91. The lowest BCUT2D eigenvalue weighted by Crippen LogP contribution is -2.29. The van der Waals surface area contributed by atoms with Crippen LogP contribution in [-0.4, -0.2) is 42.3 Å². The van der Waals surface area contributed by atoms with E-state index in [9.17, 15) is 4.79 Å². The molecule has 11 heteroatoms. The number of carbonyl (C=O) groups is 1. The first-order valence-corrected chi connectivity index (χ1v) is 12.4. The molecule has 1 fully saturated rings. The number of aromatic amines is 1. The number of hydrogen-bond donors (Lipinski definition) is 1. The Bertz CT molecular complexity index is 1130. The number of rotatable bonds is 8. The van der Waals surface area contributed by atoms with Gasteiger partial charge in [-0.05, 0) is 48.1 Å². The van der Waals surface area contributed by atoms with Crippen LogP contribution >= 0.6 is 58.5 Å². The van der Waals surface area contributed by atoms with Crippen molar-refractivity contribution in [3.05, 3.63) is 55.3 Å². The summed E-state index contributed by atoms with van der Waals surface area (Å²) in [5, 5.41) is 17.1. The van der Waals surface area contributed by atoms with Gasteiger partial charge < -0.3 is 0 Å². The van der Waals surface area contributed by atoms with E-state index in [0.29, 0.717) is 31.6 Å². The lowest BCUT2D eigenvalue weighted by Gasteiger charge is -2.13. The van der Waals surface area contributed by atoms with Crippen molar-refractivity contribution < 1.29 is 4.79 Å². The van der Waals surface area contributed by atoms with Gasteiger partial charge in [-0.1, -0.05) is 64.9 Å². The smallest absolute Gasteiger partial charge is 0.266 e. The van der Waals surface area contributed by atoms with Gasteiger partial charge in [0.2, 0.25) is 0 Å². The van der Waals surface area contributed by atoms with E-state index in [4.69, 9.17) is 35.4 Å². The monoisotopic (exact) mass is 509 g/mol. The summed E-state index contributed by atoms with van der Waals surface area (Å²) >= 11 is 20.6. The van der Waals surface area contributed by atoms with Crippen molar-refractivity contribution >= 4 is 74.8 Å². The predicted octanol–water partition coefficient (Wildman–Crippen LogP) is 5.85. The van der Waals surface area contributed by atoms with Gasteiger partial charge in [0.25, 0.3) is 5.91 Å². The summed E-state index contributed by atoms with van der Waals surface area (Å²) in [5.74, 6) is 0.677. The summed E-state index contributed by atoms with van der Waals surface area (Å²) in [7, 11) is 0. The summed E-state index contributed by atoms with van der Waals surface area (Å²) < 4.78 is 0.604. The molecule has 1 aliphatic heterocycles. The second kappa shape index (κ2) is 10.2. The van der Waals surface area contributed by atoms with Crippen LogP contribution in [0.3, 0.4) is 0 Å². The number of amides is 1. The number of thiophene rings is 1. The zero-order chi connectivity index (χ0) is 21.8. The molecule has 1 aliphatic rings. The molecule has 1 saturated heterocycles. The van der Waals surface area contributed by atoms with Crippen molar-refractivity contribution in [1.82, 2.24) is 25.5 Å². The predicted molar refractivity (Wildman–Crippen MR) is 131 cm³/mol. The largest absolute Gasteiger partial charge is 0.293 e. The van der Waals surface area contributed by atoms with Gasteiger partial charge >= 0.3 is 0 Å². The van der Waals surface area contributed by atoms with Crippen LogP contribution in [0.2, 0.25) is 10.0 Å². The van der Waals surface area contributed by atoms with E-state index < -0.39 is 0 Å². The second-order valence-corrected chi connectivity index (χ2v) is 10.3. The zero-order valence-corrected chi connectivity index (χ0v) is 20.1. The standard InChI is InChI=1S/C20H17Cl2N5OS3/c21-13-5-6-15(16(22)9-13)12-8-14(30-11-12)10-17-19(28)27(20(29)31-17)7-3-1-2-4-18-23-25-26-24-18/h5-6,8-11H,1-4,7H2,(H,23,24,25,26)/b17-10-. The highest BCUT2D eigenvalue weighted by atomic mass is 35.5. The second-order valence-electron chi connectivity index (χ2n) is 6.83. The maximum atomic E-state index is 12.8. The summed E-state index contributed by atoms with van der Waals surface area (Å²) in [6, 6.07) is 7.45. The lowest BCUT2D eigenvalue weighted by atomic mass is 10.1. The summed E-state index contributed by atoms with van der Waals surface area (Å²) in [6.07, 6.45) is 5.44. The average Bonchev–Trinajstić information content (AvgIpc) is 3.46. The molecule has 160 valence electrons. The number of tetrazole rings is 1. The van der Waals surface area contributed by atoms with Gasteiger partial charge in [0.05, 0.1) is 4.91 Å². The minimum Gasteiger partial charge on any atom is -0.293 e. The minimum atomic E-state index is -0.0346. The van der Waals surface area contributed by atoms with Gasteiger partial charge in [-0.2, -0.15) is 5.21 Å². The van der Waals surface area contributed by atoms with E-state index in [0.717, 1.165) is 41.7 Å². The van der Waals surface area contributed by atoms with Crippen LogP contribution in [0, 0.1) is 0 Å². The Labute approximate surface area is 203 Å². The first-order valence-electron chi connectivity index (χ1n) is 9.53. The normalized spacial score (nSPS) is 15.4. The van der Waals surface area contributed by atoms with Gasteiger partial charge in [-0.25, -0.2) is 0 Å². The first kappa shape index (κ1) is 22.4. The first-order chi connectivity index (χ1) is 15.0.